The summed E-state index contributed by atoms with van der Waals surface area (Å²) in [7, 11) is 0.875. The van der Waals surface area contributed by atoms with Crippen molar-refractivity contribution in [1.29, 1.82) is 0 Å². The van der Waals surface area contributed by atoms with Gasteiger partial charge in [0.2, 0.25) is 0 Å². The van der Waals surface area contributed by atoms with E-state index < -0.39 is 8.69 Å². The first-order valence-corrected chi connectivity index (χ1v) is 2.12. The molecule has 0 saturated heterocycles. The smallest absolute Gasteiger partial charge is 0.182 e. The maximum Gasteiger partial charge on any atom is 0.182 e. The zero-order chi connectivity index (χ0) is 3.41. The first-order chi connectivity index (χ1) is 1.91. The lowest BCUT2D eigenvalue weighted by Gasteiger charge is -1.63. The van der Waals surface area contributed by atoms with Crippen LogP contribution in [0.25, 0.3) is 0 Å². The van der Waals surface area contributed by atoms with Gasteiger partial charge in [-0.2, -0.15) is 0 Å². The SMILES string of the molecule is O=[PH2]OP. The molecule has 0 radical (unpaired) electrons. The lowest BCUT2D eigenvalue weighted by Crippen LogP contribution is -1.19. The molecule has 4 heteroatoms. The highest BCUT2D eigenvalue weighted by atomic mass is 31.1. The number of rotatable bonds is 1. The third kappa shape index (κ3) is 2.62. The lowest BCUT2D eigenvalue weighted by atomic mass is 15.8. The van der Waals surface area contributed by atoms with Crippen LogP contribution in [0.4, 0.5) is 0 Å². The minimum atomic E-state index is -1.00. The number of hydrogen-bond acceptors (Lipinski definition) is 2. The molecule has 4 heavy (non-hydrogen) atoms. The minimum absolute atomic E-state index is 1.00. The molecule has 0 fully saturated rings. The highest BCUT2D eigenvalue weighted by Crippen LogP contribution is 1.98. The maximum absolute atomic E-state index is 9.14. The van der Waals surface area contributed by atoms with Crippen LogP contribution in [0, 0.1) is 0 Å². The molecule has 0 aliphatic heterocycles. The summed E-state index contributed by atoms with van der Waals surface area (Å²) in [6.45, 7) is 0. The molecule has 0 saturated carbocycles. The summed E-state index contributed by atoms with van der Waals surface area (Å²) in [6.07, 6.45) is 0. The van der Waals surface area contributed by atoms with Crippen LogP contribution >= 0.6 is 18.2 Å². The van der Waals surface area contributed by atoms with Crippen molar-refractivity contribution in [3.63, 3.8) is 0 Å². The average molecular weight is 98.0 g/mol. The summed E-state index contributed by atoms with van der Waals surface area (Å²) in [6, 6.07) is 0. The van der Waals surface area contributed by atoms with Crippen LogP contribution in [0.15, 0.2) is 0 Å². The van der Waals surface area contributed by atoms with Gasteiger partial charge in [0.25, 0.3) is 0 Å². The van der Waals surface area contributed by atoms with Crippen molar-refractivity contribution in [2.24, 2.45) is 0 Å². The molecule has 0 aliphatic rings. The fraction of sp³-hybridized carbons (Fsp3) is 0. The van der Waals surface area contributed by atoms with Crippen LogP contribution < -0.4 is 0 Å². The van der Waals surface area contributed by atoms with Gasteiger partial charge in [-0.25, -0.2) is 0 Å². The van der Waals surface area contributed by atoms with Crippen LogP contribution in [0.3, 0.4) is 0 Å². The van der Waals surface area contributed by atoms with Crippen LogP contribution in [0.5, 0.6) is 0 Å². The van der Waals surface area contributed by atoms with Crippen molar-refractivity contribution >= 4 is 18.2 Å². The molecule has 0 rings (SSSR count). The van der Waals surface area contributed by atoms with Crippen LogP contribution in [-0.4, -0.2) is 0 Å². The van der Waals surface area contributed by atoms with Gasteiger partial charge in [0.05, 0.1) is 0 Å². The van der Waals surface area contributed by atoms with E-state index in [9.17, 15) is 0 Å². The summed E-state index contributed by atoms with van der Waals surface area (Å²) in [5, 5.41) is 0. The normalized spacial score (nSPS) is 10.2. The van der Waals surface area contributed by atoms with E-state index in [1.807, 2.05) is 9.47 Å². The van der Waals surface area contributed by atoms with E-state index in [0.29, 0.717) is 0 Å². The summed E-state index contributed by atoms with van der Waals surface area (Å²) >= 11 is 0. The standard InChI is InChI=1S/H4O2P2/c1-4-2-3/h3-4H2. The zero-order valence-corrected chi connectivity index (χ0v) is 4.28. The first-order valence-electron chi connectivity index (χ1n) is 0.707. The zero-order valence-electron chi connectivity index (χ0n) is 1.97. The quantitative estimate of drug-likeness (QED) is 0.445. The van der Waals surface area contributed by atoms with E-state index in [1.54, 1.807) is 0 Å². The maximum atomic E-state index is 9.14. The molecule has 0 heterocycles. The van der Waals surface area contributed by atoms with E-state index >= 15 is 0 Å². The second kappa shape index (κ2) is 3.62. The third-order valence-electron chi connectivity index (χ3n) is 0.0556. The molecule has 0 bridgehead atoms. The Morgan fingerprint density at radius 1 is 2.00 bits per heavy atom. The van der Waals surface area contributed by atoms with Gasteiger partial charge in [0.1, 0.15) is 0 Å². The molecule has 0 aliphatic carbocycles. The molecular weight excluding hydrogens is 93.9 g/mol. The van der Waals surface area contributed by atoms with Crippen molar-refractivity contribution in [3.8, 4) is 0 Å². The Balaban J connectivity index is 2.30. The first kappa shape index (κ1) is 4.62. The van der Waals surface area contributed by atoms with Crippen molar-refractivity contribution in [2.75, 3.05) is 0 Å². The second-order valence-electron chi connectivity index (χ2n) is 0.232. The highest BCUT2D eigenvalue weighted by molar-refractivity contribution is 7.29. The Bertz CT molecular complexity index is 18.0. The molecule has 0 aromatic rings. The van der Waals surface area contributed by atoms with Gasteiger partial charge in [-0.3, -0.25) is 4.57 Å². The minimum Gasteiger partial charge on any atom is -0.316 e. The monoisotopic (exact) mass is 98.0 g/mol. The molecule has 2 atom stereocenters. The van der Waals surface area contributed by atoms with Crippen LogP contribution in [-0.2, 0) is 8.88 Å². The fourth-order valence-corrected chi connectivity index (χ4v) is 0. The molecule has 0 amide bonds. The number of hydrogen-bond donors (Lipinski definition) is 0. The predicted molar refractivity (Wildman–Crippen MR) is 21.2 cm³/mol. The van der Waals surface area contributed by atoms with Crippen molar-refractivity contribution in [1.82, 2.24) is 0 Å². The summed E-state index contributed by atoms with van der Waals surface area (Å²) < 4.78 is 13.1. The van der Waals surface area contributed by atoms with E-state index in [0.717, 1.165) is 0 Å². The average Bonchev–Trinajstić information content (AvgIpc) is 1.37. The Morgan fingerprint density at radius 3 is 2.25 bits per heavy atom. The topological polar surface area (TPSA) is 26.3 Å². The van der Waals surface area contributed by atoms with Gasteiger partial charge in [-0.15, -0.1) is 0 Å². The van der Waals surface area contributed by atoms with Gasteiger partial charge in [0, 0.05) is 9.47 Å². The van der Waals surface area contributed by atoms with Crippen LogP contribution in [0.2, 0.25) is 0 Å². The van der Waals surface area contributed by atoms with Crippen molar-refractivity contribution in [3.05, 3.63) is 0 Å². The van der Waals surface area contributed by atoms with E-state index in [-0.39, 0.29) is 0 Å². The molecule has 0 aromatic carbocycles. The predicted octanol–water partition coefficient (Wildman–Crippen LogP) is 0.464. The van der Waals surface area contributed by atoms with Gasteiger partial charge in [-0.1, -0.05) is 0 Å². The summed E-state index contributed by atoms with van der Waals surface area (Å²) in [5.74, 6) is 0. The highest BCUT2D eigenvalue weighted by Gasteiger charge is 1.43. The Morgan fingerprint density at radius 2 is 2.25 bits per heavy atom. The summed E-state index contributed by atoms with van der Waals surface area (Å²) in [4.78, 5) is 0. The van der Waals surface area contributed by atoms with Gasteiger partial charge in [0.15, 0.2) is 8.69 Å². The van der Waals surface area contributed by atoms with Crippen LogP contribution in [0.1, 0.15) is 0 Å². The third-order valence-corrected chi connectivity index (χ3v) is 0.500. The molecule has 0 aromatic heterocycles. The fourth-order valence-electron chi connectivity index (χ4n) is 0. The van der Waals surface area contributed by atoms with Crippen molar-refractivity contribution < 1.29 is 8.88 Å². The van der Waals surface area contributed by atoms with Crippen molar-refractivity contribution in [2.45, 2.75) is 0 Å². The Hall–Kier alpha value is 0.620. The Kier molecular flexibility index (Phi) is 4.18. The van der Waals surface area contributed by atoms with Gasteiger partial charge < -0.3 is 4.31 Å². The summed E-state index contributed by atoms with van der Waals surface area (Å²) in [5.41, 5.74) is 0. The van der Waals surface area contributed by atoms with E-state index in [4.69, 9.17) is 4.57 Å². The Labute approximate surface area is 28.1 Å². The molecular formula is H4O2P2. The van der Waals surface area contributed by atoms with E-state index in [2.05, 4.69) is 4.31 Å². The molecule has 26 valence electrons. The largest absolute Gasteiger partial charge is 0.316 e. The molecule has 2 unspecified atom stereocenters. The lowest BCUT2D eigenvalue weighted by molar-refractivity contribution is 0.552. The van der Waals surface area contributed by atoms with Gasteiger partial charge >= 0.3 is 0 Å². The van der Waals surface area contributed by atoms with Gasteiger partial charge in [-0.05, 0) is 0 Å². The molecule has 0 N–H and O–H groups in total. The second-order valence-corrected chi connectivity index (χ2v) is 1.51. The van der Waals surface area contributed by atoms with E-state index in [1.165, 1.54) is 0 Å². The molecule has 2 nitrogen and oxygen atoms in total. The molecule has 0 spiro atoms.